The lowest BCUT2D eigenvalue weighted by Gasteiger charge is -2.13. The summed E-state index contributed by atoms with van der Waals surface area (Å²) in [6.07, 6.45) is 1.59. The molecule has 2 aromatic rings. The standard InChI is InChI=1S/C18H23N3O3S/c1-4-13(5-2)18(22)19-15-9-7-8-14(12-15)16-10-11-17(21-20-16)25(23,24)6-3/h7-13H,4-6H2,1-3H3,(H,19,22). The summed E-state index contributed by atoms with van der Waals surface area (Å²) in [5.74, 6) is -0.0296. The molecule has 25 heavy (non-hydrogen) atoms. The second-order valence-corrected chi connectivity index (χ2v) is 7.97. The van der Waals surface area contributed by atoms with Crippen molar-refractivity contribution >= 4 is 21.4 Å². The predicted molar refractivity (Wildman–Crippen MR) is 97.9 cm³/mol. The van der Waals surface area contributed by atoms with Crippen LogP contribution < -0.4 is 5.32 Å². The van der Waals surface area contributed by atoms with E-state index >= 15 is 0 Å². The summed E-state index contributed by atoms with van der Waals surface area (Å²) < 4.78 is 23.6. The quantitative estimate of drug-likeness (QED) is 0.817. The van der Waals surface area contributed by atoms with E-state index in [4.69, 9.17) is 0 Å². The first-order valence-electron chi connectivity index (χ1n) is 8.39. The maximum atomic E-state index is 12.2. The van der Waals surface area contributed by atoms with Crippen LogP contribution in [0, 0.1) is 5.92 Å². The summed E-state index contributed by atoms with van der Waals surface area (Å²) in [6.45, 7) is 5.55. The van der Waals surface area contributed by atoms with Crippen LogP contribution in [0.2, 0.25) is 0 Å². The van der Waals surface area contributed by atoms with Gasteiger partial charge in [-0.25, -0.2) is 8.42 Å². The molecule has 0 aliphatic rings. The fraction of sp³-hybridized carbons (Fsp3) is 0.389. The monoisotopic (exact) mass is 361 g/mol. The van der Waals surface area contributed by atoms with E-state index < -0.39 is 9.84 Å². The van der Waals surface area contributed by atoms with Crippen molar-refractivity contribution in [3.63, 3.8) is 0 Å². The molecular formula is C18H23N3O3S. The van der Waals surface area contributed by atoms with Gasteiger partial charge in [0, 0.05) is 17.2 Å². The van der Waals surface area contributed by atoms with Crippen molar-refractivity contribution < 1.29 is 13.2 Å². The first-order valence-corrected chi connectivity index (χ1v) is 10.0. The minimum atomic E-state index is -3.37. The zero-order valence-corrected chi connectivity index (χ0v) is 15.5. The summed E-state index contributed by atoms with van der Waals surface area (Å²) in [4.78, 5) is 12.2. The first-order chi connectivity index (χ1) is 11.9. The normalized spacial score (nSPS) is 11.5. The molecule has 0 atom stereocenters. The molecule has 1 heterocycles. The van der Waals surface area contributed by atoms with Crippen molar-refractivity contribution in [2.24, 2.45) is 5.92 Å². The van der Waals surface area contributed by atoms with Crippen LogP contribution in [-0.2, 0) is 14.6 Å². The van der Waals surface area contributed by atoms with E-state index in [1.54, 1.807) is 19.1 Å². The van der Waals surface area contributed by atoms with Gasteiger partial charge < -0.3 is 5.32 Å². The zero-order valence-electron chi connectivity index (χ0n) is 14.7. The van der Waals surface area contributed by atoms with Gasteiger partial charge in [-0.1, -0.05) is 32.9 Å². The van der Waals surface area contributed by atoms with Crippen LogP contribution in [0.1, 0.15) is 33.6 Å². The van der Waals surface area contributed by atoms with E-state index in [1.165, 1.54) is 6.07 Å². The molecule has 0 saturated heterocycles. The minimum absolute atomic E-state index is 0.00220. The van der Waals surface area contributed by atoms with Gasteiger partial charge in [-0.2, -0.15) is 0 Å². The van der Waals surface area contributed by atoms with Gasteiger partial charge in [-0.3, -0.25) is 4.79 Å². The highest BCUT2D eigenvalue weighted by Gasteiger charge is 2.16. The first kappa shape index (κ1) is 19.1. The van der Waals surface area contributed by atoms with Gasteiger partial charge in [0.25, 0.3) is 0 Å². The Morgan fingerprint density at radius 2 is 1.80 bits per heavy atom. The molecule has 1 amide bonds. The summed E-state index contributed by atoms with van der Waals surface area (Å²) in [5, 5.41) is 10.7. The molecule has 1 aromatic heterocycles. The number of aromatic nitrogens is 2. The van der Waals surface area contributed by atoms with Crippen molar-refractivity contribution in [1.29, 1.82) is 0 Å². The van der Waals surface area contributed by atoms with E-state index in [1.807, 2.05) is 32.0 Å². The number of hydrogen-bond acceptors (Lipinski definition) is 5. The third-order valence-corrected chi connectivity index (χ3v) is 5.74. The number of nitrogens with zero attached hydrogens (tertiary/aromatic N) is 2. The zero-order chi connectivity index (χ0) is 18.4. The molecule has 0 fully saturated rings. The van der Waals surface area contributed by atoms with Gasteiger partial charge in [0.1, 0.15) is 0 Å². The maximum Gasteiger partial charge on any atom is 0.227 e. The molecule has 0 spiro atoms. The Labute approximate surface area is 148 Å². The van der Waals surface area contributed by atoms with Gasteiger partial charge in [-0.05, 0) is 37.1 Å². The molecule has 1 N–H and O–H groups in total. The molecule has 0 unspecified atom stereocenters. The van der Waals surface area contributed by atoms with Gasteiger partial charge in [0.15, 0.2) is 14.9 Å². The number of sulfone groups is 1. The molecule has 134 valence electrons. The smallest absolute Gasteiger partial charge is 0.227 e. The van der Waals surface area contributed by atoms with Gasteiger partial charge in [0.2, 0.25) is 5.91 Å². The number of carbonyl (C=O) groups excluding carboxylic acids is 1. The molecule has 0 aliphatic heterocycles. The minimum Gasteiger partial charge on any atom is -0.326 e. The summed E-state index contributed by atoms with van der Waals surface area (Å²) in [6, 6.07) is 10.3. The number of hydrogen-bond donors (Lipinski definition) is 1. The van der Waals surface area contributed by atoms with Gasteiger partial charge in [0.05, 0.1) is 11.4 Å². The van der Waals surface area contributed by atoms with E-state index in [-0.39, 0.29) is 22.6 Å². The van der Waals surface area contributed by atoms with Gasteiger partial charge in [-0.15, -0.1) is 10.2 Å². The number of rotatable bonds is 7. The molecule has 1 aromatic carbocycles. The molecular weight excluding hydrogens is 338 g/mol. The van der Waals surface area contributed by atoms with E-state index in [0.29, 0.717) is 11.4 Å². The van der Waals surface area contributed by atoms with Crippen molar-refractivity contribution in [3.05, 3.63) is 36.4 Å². The van der Waals surface area contributed by atoms with Crippen molar-refractivity contribution in [1.82, 2.24) is 10.2 Å². The van der Waals surface area contributed by atoms with E-state index in [0.717, 1.165) is 18.4 Å². The Kier molecular flexibility index (Phi) is 6.25. The second-order valence-electron chi connectivity index (χ2n) is 5.74. The molecule has 0 bridgehead atoms. The van der Waals surface area contributed by atoms with Crippen molar-refractivity contribution in [2.75, 3.05) is 11.1 Å². The van der Waals surface area contributed by atoms with Crippen LogP contribution in [-0.4, -0.2) is 30.3 Å². The predicted octanol–water partition coefficient (Wildman–Crippen LogP) is 3.31. The molecule has 7 heteroatoms. The highest BCUT2D eigenvalue weighted by atomic mass is 32.2. The summed E-state index contributed by atoms with van der Waals surface area (Å²) >= 11 is 0. The lowest BCUT2D eigenvalue weighted by atomic mass is 10.0. The average Bonchev–Trinajstić information content (AvgIpc) is 2.63. The number of carbonyl (C=O) groups is 1. The number of amides is 1. The second kappa shape index (κ2) is 8.20. The highest BCUT2D eigenvalue weighted by Crippen LogP contribution is 2.22. The van der Waals surface area contributed by atoms with Crippen molar-refractivity contribution in [3.8, 4) is 11.3 Å². The molecule has 0 saturated carbocycles. The summed E-state index contributed by atoms with van der Waals surface area (Å²) in [7, 11) is -3.37. The topological polar surface area (TPSA) is 89.0 Å². The Balaban J connectivity index is 2.23. The average molecular weight is 361 g/mol. The Hall–Kier alpha value is -2.28. The number of anilines is 1. The maximum absolute atomic E-state index is 12.2. The Morgan fingerprint density at radius 3 is 2.36 bits per heavy atom. The summed E-state index contributed by atoms with van der Waals surface area (Å²) in [5.41, 5.74) is 1.99. The third kappa shape index (κ3) is 4.63. The lowest BCUT2D eigenvalue weighted by Crippen LogP contribution is -2.21. The van der Waals surface area contributed by atoms with Crippen LogP contribution in [0.5, 0.6) is 0 Å². The lowest BCUT2D eigenvalue weighted by molar-refractivity contribution is -0.120. The van der Waals surface area contributed by atoms with Crippen LogP contribution >= 0.6 is 0 Å². The number of nitrogens with one attached hydrogen (secondary N) is 1. The van der Waals surface area contributed by atoms with Crippen LogP contribution in [0.3, 0.4) is 0 Å². The van der Waals surface area contributed by atoms with E-state index in [9.17, 15) is 13.2 Å². The Bertz CT molecular complexity index is 829. The highest BCUT2D eigenvalue weighted by molar-refractivity contribution is 7.91. The fourth-order valence-electron chi connectivity index (χ4n) is 2.45. The van der Waals surface area contributed by atoms with Crippen molar-refractivity contribution in [2.45, 2.75) is 38.6 Å². The number of benzene rings is 1. The third-order valence-electron chi connectivity index (χ3n) is 4.12. The Morgan fingerprint density at radius 1 is 1.08 bits per heavy atom. The van der Waals surface area contributed by atoms with Gasteiger partial charge >= 0.3 is 0 Å². The van der Waals surface area contributed by atoms with Crippen LogP contribution in [0.4, 0.5) is 5.69 Å². The fourth-order valence-corrected chi connectivity index (χ4v) is 3.18. The van der Waals surface area contributed by atoms with Crippen LogP contribution in [0.15, 0.2) is 41.4 Å². The molecule has 2 rings (SSSR count). The van der Waals surface area contributed by atoms with E-state index in [2.05, 4.69) is 15.5 Å². The van der Waals surface area contributed by atoms with Crippen LogP contribution in [0.25, 0.3) is 11.3 Å². The molecule has 0 radical (unpaired) electrons. The molecule has 6 nitrogen and oxygen atoms in total. The molecule has 0 aliphatic carbocycles. The largest absolute Gasteiger partial charge is 0.326 e. The SMILES string of the molecule is CCC(CC)C(=O)Nc1cccc(-c2ccc(S(=O)(=O)CC)nn2)c1.